The molecule has 17 heavy (non-hydrogen) atoms. The molecule has 0 spiro atoms. The van der Waals surface area contributed by atoms with E-state index in [9.17, 15) is 4.79 Å². The molecule has 2 fully saturated rings. The maximum Gasteiger partial charge on any atom is 0.287 e. The van der Waals surface area contributed by atoms with Crippen molar-refractivity contribution in [3.8, 4) is 0 Å². The summed E-state index contributed by atoms with van der Waals surface area (Å²) in [6.07, 6.45) is 6.98. The van der Waals surface area contributed by atoms with Gasteiger partial charge in [-0.2, -0.15) is 0 Å². The van der Waals surface area contributed by atoms with Crippen LogP contribution < -0.4 is 5.32 Å². The normalized spacial score (nSPS) is 32.6. The predicted molar refractivity (Wildman–Crippen MR) is 64.6 cm³/mol. The van der Waals surface area contributed by atoms with Crippen molar-refractivity contribution in [3.05, 3.63) is 24.2 Å². The monoisotopic (exact) mass is 233 g/mol. The Labute approximate surface area is 102 Å². The smallest absolute Gasteiger partial charge is 0.287 e. The first kappa shape index (κ1) is 10.9. The van der Waals surface area contributed by atoms with Crippen molar-refractivity contribution in [2.24, 2.45) is 17.8 Å². The highest BCUT2D eigenvalue weighted by Gasteiger charge is 2.42. The highest BCUT2D eigenvalue weighted by molar-refractivity contribution is 5.91. The molecule has 2 bridgehead atoms. The Kier molecular flexibility index (Phi) is 2.69. The molecule has 2 aliphatic carbocycles. The van der Waals surface area contributed by atoms with E-state index in [2.05, 4.69) is 12.2 Å². The summed E-state index contributed by atoms with van der Waals surface area (Å²) in [7, 11) is 0. The molecule has 1 heterocycles. The van der Waals surface area contributed by atoms with Crippen LogP contribution in [0.25, 0.3) is 0 Å². The van der Waals surface area contributed by atoms with Gasteiger partial charge in [0.05, 0.1) is 6.26 Å². The van der Waals surface area contributed by atoms with E-state index < -0.39 is 0 Å². The van der Waals surface area contributed by atoms with Gasteiger partial charge >= 0.3 is 0 Å². The van der Waals surface area contributed by atoms with Gasteiger partial charge in [-0.15, -0.1) is 0 Å². The number of fused-ring (bicyclic) bond motifs is 2. The maximum atomic E-state index is 11.9. The lowest BCUT2D eigenvalue weighted by Crippen LogP contribution is -2.39. The van der Waals surface area contributed by atoms with Gasteiger partial charge in [-0.1, -0.05) is 6.42 Å². The average Bonchev–Trinajstić information content (AvgIpc) is 3.05. The quantitative estimate of drug-likeness (QED) is 0.872. The first-order chi connectivity index (χ1) is 8.24. The molecule has 4 atom stereocenters. The third kappa shape index (κ3) is 1.99. The number of hydrogen-bond acceptors (Lipinski definition) is 2. The molecule has 0 radical (unpaired) electrons. The molecule has 3 heteroatoms. The van der Waals surface area contributed by atoms with E-state index in [4.69, 9.17) is 4.42 Å². The van der Waals surface area contributed by atoms with E-state index in [1.165, 1.54) is 31.9 Å². The fourth-order valence-electron chi connectivity index (χ4n) is 3.70. The third-order valence-corrected chi connectivity index (χ3v) is 4.54. The molecular weight excluding hydrogens is 214 g/mol. The number of carbonyl (C=O) groups excluding carboxylic acids is 1. The van der Waals surface area contributed by atoms with Crippen molar-refractivity contribution in [1.82, 2.24) is 5.32 Å². The van der Waals surface area contributed by atoms with Crippen LogP contribution in [0.2, 0.25) is 0 Å². The van der Waals surface area contributed by atoms with Gasteiger partial charge < -0.3 is 9.73 Å². The fourth-order valence-corrected chi connectivity index (χ4v) is 3.70. The van der Waals surface area contributed by atoms with Gasteiger partial charge in [0.25, 0.3) is 5.91 Å². The Bertz CT molecular complexity index is 398. The van der Waals surface area contributed by atoms with Gasteiger partial charge in [0.2, 0.25) is 0 Å². The molecule has 2 aliphatic rings. The number of carbonyl (C=O) groups is 1. The zero-order valence-electron chi connectivity index (χ0n) is 10.2. The van der Waals surface area contributed by atoms with Gasteiger partial charge in [-0.05, 0) is 56.1 Å². The third-order valence-electron chi connectivity index (χ3n) is 4.54. The van der Waals surface area contributed by atoms with Crippen LogP contribution in [0.15, 0.2) is 22.8 Å². The lowest BCUT2D eigenvalue weighted by atomic mass is 9.84. The molecule has 0 saturated heterocycles. The van der Waals surface area contributed by atoms with Gasteiger partial charge in [-0.25, -0.2) is 0 Å². The van der Waals surface area contributed by atoms with Crippen LogP contribution in [0.5, 0.6) is 0 Å². The minimum atomic E-state index is -0.0785. The molecule has 1 amide bonds. The Morgan fingerprint density at radius 2 is 2.35 bits per heavy atom. The SMILES string of the molecule is C[C@H](NC(=O)c1ccco1)[C@H]1C[C@@H]2CC[C@@H]1C2. The average molecular weight is 233 g/mol. The first-order valence-electron chi connectivity index (χ1n) is 6.58. The zero-order chi connectivity index (χ0) is 11.8. The van der Waals surface area contributed by atoms with Gasteiger partial charge in [-0.3, -0.25) is 4.79 Å². The second-order valence-electron chi connectivity index (χ2n) is 5.58. The number of amides is 1. The number of nitrogens with one attached hydrogen (secondary N) is 1. The van der Waals surface area contributed by atoms with Gasteiger partial charge in [0.15, 0.2) is 5.76 Å². The van der Waals surface area contributed by atoms with Crippen LogP contribution in [0.3, 0.4) is 0 Å². The summed E-state index contributed by atoms with van der Waals surface area (Å²) in [5, 5.41) is 3.08. The van der Waals surface area contributed by atoms with Crippen molar-refractivity contribution in [2.45, 2.75) is 38.6 Å². The number of hydrogen-bond donors (Lipinski definition) is 1. The summed E-state index contributed by atoms with van der Waals surface area (Å²) in [5.41, 5.74) is 0. The van der Waals surface area contributed by atoms with Crippen LogP contribution >= 0.6 is 0 Å². The highest BCUT2D eigenvalue weighted by Crippen LogP contribution is 2.49. The summed E-state index contributed by atoms with van der Waals surface area (Å²) >= 11 is 0. The van der Waals surface area contributed by atoms with E-state index in [0.29, 0.717) is 11.7 Å². The highest BCUT2D eigenvalue weighted by atomic mass is 16.3. The van der Waals surface area contributed by atoms with Crippen LogP contribution in [0.4, 0.5) is 0 Å². The Morgan fingerprint density at radius 1 is 1.47 bits per heavy atom. The lowest BCUT2D eigenvalue weighted by Gasteiger charge is -2.28. The Hall–Kier alpha value is -1.25. The van der Waals surface area contributed by atoms with E-state index in [1.807, 2.05) is 0 Å². The largest absolute Gasteiger partial charge is 0.459 e. The molecular formula is C14H19NO2. The standard InChI is InChI=1S/C14H19NO2/c1-9(12-8-10-4-5-11(12)7-10)15-14(16)13-3-2-6-17-13/h2-3,6,9-12H,4-5,7-8H2,1H3,(H,15,16)/t9-,10+,11+,12+/m0/s1. The van der Waals surface area contributed by atoms with Gasteiger partial charge in [0, 0.05) is 6.04 Å². The van der Waals surface area contributed by atoms with Crippen molar-refractivity contribution < 1.29 is 9.21 Å². The topological polar surface area (TPSA) is 42.2 Å². The van der Waals surface area contributed by atoms with E-state index >= 15 is 0 Å². The molecule has 1 N–H and O–H groups in total. The second kappa shape index (κ2) is 4.21. The van der Waals surface area contributed by atoms with Crippen LogP contribution in [0, 0.1) is 17.8 Å². The second-order valence-corrected chi connectivity index (χ2v) is 5.58. The van der Waals surface area contributed by atoms with Crippen LogP contribution in [0.1, 0.15) is 43.2 Å². The summed E-state index contributed by atoms with van der Waals surface area (Å²) in [6.45, 7) is 2.13. The molecule has 0 aromatic carbocycles. The summed E-state index contributed by atoms with van der Waals surface area (Å²) in [6, 6.07) is 3.72. The molecule has 1 aromatic heterocycles. The first-order valence-corrected chi connectivity index (χ1v) is 6.58. The number of rotatable bonds is 3. The molecule has 3 rings (SSSR count). The molecule has 2 saturated carbocycles. The van der Waals surface area contributed by atoms with Crippen LogP contribution in [-0.4, -0.2) is 11.9 Å². The summed E-state index contributed by atoms with van der Waals surface area (Å²) < 4.78 is 5.11. The van der Waals surface area contributed by atoms with Crippen molar-refractivity contribution in [2.75, 3.05) is 0 Å². The number of furan rings is 1. The maximum absolute atomic E-state index is 11.9. The molecule has 92 valence electrons. The lowest BCUT2D eigenvalue weighted by molar-refractivity contribution is 0.0887. The predicted octanol–water partition coefficient (Wildman–Crippen LogP) is 2.83. The summed E-state index contributed by atoms with van der Waals surface area (Å²) in [4.78, 5) is 11.9. The molecule has 0 unspecified atom stereocenters. The molecule has 0 aliphatic heterocycles. The Balaban J connectivity index is 1.60. The van der Waals surface area contributed by atoms with Crippen molar-refractivity contribution in [3.63, 3.8) is 0 Å². The fraction of sp³-hybridized carbons (Fsp3) is 0.643. The van der Waals surface area contributed by atoms with E-state index in [1.54, 1.807) is 12.1 Å². The van der Waals surface area contributed by atoms with Crippen molar-refractivity contribution >= 4 is 5.91 Å². The zero-order valence-corrected chi connectivity index (χ0v) is 10.2. The van der Waals surface area contributed by atoms with Gasteiger partial charge in [0.1, 0.15) is 0 Å². The van der Waals surface area contributed by atoms with Crippen molar-refractivity contribution in [1.29, 1.82) is 0 Å². The minimum absolute atomic E-state index is 0.0785. The Morgan fingerprint density at radius 3 is 2.94 bits per heavy atom. The minimum Gasteiger partial charge on any atom is -0.459 e. The summed E-state index contributed by atoms with van der Waals surface area (Å²) in [5.74, 6) is 2.78. The van der Waals surface area contributed by atoms with E-state index in [-0.39, 0.29) is 11.9 Å². The molecule has 1 aromatic rings. The van der Waals surface area contributed by atoms with Crippen LogP contribution in [-0.2, 0) is 0 Å². The molecule has 3 nitrogen and oxygen atoms in total. The van der Waals surface area contributed by atoms with E-state index in [0.717, 1.165) is 11.8 Å².